The lowest BCUT2D eigenvalue weighted by molar-refractivity contribution is -0.380. The molecular formula is C16H9ClN4O5S2. The topological polar surface area (TPSA) is 135 Å². The van der Waals surface area contributed by atoms with Crippen LogP contribution in [0, 0.1) is 21.4 Å². The van der Waals surface area contributed by atoms with Gasteiger partial charge < -0.3 is 4.74 Å². The zero-order valence-corrected chi connectivity index (χ0v) is 16.1. The first kappa shape index (κ1) is 19.6. The molecule has 0 saturated carbocycles. The van der Waals surface area contributed by atoms with Crippen molar-refractivity contribution in [2.24, 2.45) is 0 Å². The van der Waals surface area contributed by atoms with Crippen LogP contribution in [0.4, 0.5) is 10.1 Å². The number of nitrogens with zero attached hydrogens (tertiary/aromatic N) is 3. The molecule has 28 heavy (non-hydrogen) atoms. The van der Waals surface area contributed by atoms with Gasteiger partial charge in [-0.2, -0.15) is 5.26 Å². The fourth-order valence-electron chi connectivity index (χ4n) is 2.08. The molecule has 12 heteroatoms. The van der Waals surface area contributed by atoms with E-state index in [0.717, 1.165) is 6.20 Å². The first-order valence-electron chi connectivity index (χ1n) is 7.40. The number of nitrogens with one attached hydrogen (secondary N) is 1. The van der Waals surface area contributed by atoms with Gasteiger partial charge in [0.15, 0.2) is 0 Å². The molecule has 1 aromatic heterocycles. The molecule has 1 heterocycles. The quantitative estimate of drug-likeness (QED) is 0.452. The van der Waals surface area contributed by atoms with Crippen molar-refractivity contribution in [1.29, 1.82) is 5.26 Å². The molecular weight excluding hydrogens is 428 g/mol. The second-order valence-corrected chi connectivity index (χ2v) is 8.26. The predicted octanol–water partition coefficient (Wildman–Crippen LogP) is 4.17. The highest BCUT2D eigenvalue weighted by Crippen LogP contribution is 2.31. The van der Waals surface area contributed by atoms with Crippen LogP contribution in [0.1, 0.15) is 5.56 Å². The van der Waals surface area contributed by atoms with Crippen LogP contribution in [-0.4, -0.2) is 18.3 Å². The number of anilines is 1. The van der Waals surface area contributed by atoms with Gasteiger partial charge >= 0.3 is 5.00 Å². The van der Waals surface area contributed by atoms with Gasteiger partial charge in [0.25, 0.3) is 10.0 Å². The van der Waals surface area contributed by atoms with E-state index in [4.69, 9.17) is 21.6 Å². The Labute approximate surface area is 168 Å². The van der Waals surface area contributed by atoms with E-state index >= 15 is 0 Å². The average molecular weight is 437 g/mol. The third-order valence-electron chi connectivity index (χ3n) is 3.34. The van der Waals surface area contributed by atoms with Crippen LogP contribution in [0.15, 0.2) is 53.6 Å². The molecule has 0 bridgehead atoms. The van der Waals surface area contributed by atoms with Gasteiger partial charge in [-0.15, -0.1) is 0 Å². The Morgan fingerprint density at radius 3 is 2.57 bits per heavy atom. The van der Waals surface area contributed by atoms with Crippen LogP contribution in [0.25, 0.3) is 0 Å². The molecule has 1 N–H and O–H groups in total. The summed E-state index contributed by atoms with van der Waals surface area (Å²) in [6, 6.07) is 12.1. The molecule has 3 rings (SSSR count). The Bertz CT molecular complexity index is 1190. The highest BCUT2D eigenvalue weighted by Gasteiger charge is 2.19. The van der Waals surface area contributed by atoms with Gasteiger partial charge in [-0.25, -0.2) is 13.4 Å². The molecule has 0 amide bonds. The number of sulfonamides is 1. The van der Waals surface area contributed by atoms with E-state index in [0.29, 0.717) is 17.1 Å². The van der Waals surface area contributed by atoms with E-state index in [1.807, 2.05) is 6.07 Å². The largest absolute Gasteiger partial charge is 0.456 e. The lowest BCUT2D eigenvalue weighted by Gasteiger charge is -2.09. The van der Waals surface area contributed by atoms with Crippen LogP contribution in [0.5, 0.6) is 11.5 Å². The number of hydrogen-bond donors (Lipinski definition) is 1. The number of aromatic nitrogens is 1. The Kier molecular flexibility index (Phi) is 5.46. The molecule has 0 aliphatic carbocycles. The number of benzene rings is 2. The van der Waals surface area contributed by atoms with Crippen molar-refractivity contribution in [3.63, 3.8) is 0 Å². The van der Waals surface area contributed by atoms with Gasteiger partial charge in [0, 0.05) is 0 Å². The predicted molar refractivity (Wildman–Crippen MR) is 102 cm³/mol. The summed E-state index contributed by atoms with van der Waals surface area (Å²) in [5, 5.41) is 19.7. The molecule has 0 fully saturated rings. The fraction of sp³-hybridized carbons (Fsp3) is 0. The standard InChI is InChI=1S/C16H9ClN4O5S2/c17-13-2-1-3-14(12(13)8-18)26-10-4-6-11(7-5-10)28(24,25)20-16-19-9-15(27-16)21(22)23/h1-7,9H,(H,19,20). The summed E-state index contributed by atoms with van der Waals surface area (Å²) in [5.41, 5.74) is 0.160. The Balaban J connectivity index is 1.79. The number of thiazole rings is 1. The fourth-order valence-corrected chi connectivity index (χ4v) is 4.16. The third kappa shape index (κ3) is 4.20. The smallest absolute Gasteiger partial charge is 0.345 e. The van der Waals surface area contributed by atoms with Crippen molar-refractivity contribution in [3.05, 3.63) is 69.4 Å². The second-order valence-electron chi connectivity index (χ2n) is 5.16. The summed E-state index contributed by atoms with van der Waals surface area (Å²) in [6.07, 6.45) is 0.969. The van der Waals surface area contributed by atoms with Gasteiger partial charge in [0.1, 0.15) is 29.3 Å². The van der Waals surface area contributed by atoms with E-state index in [9.17, 15) is 18.5 Å². The Morgan fingerprint density at radius 2 is 1.96 bits per heavy atom. The number of nitriles is 1. The van der Waals surface area contributed by atoms with Gasteiger partial charge in [0.2, 0.25) is 5.13 Å². The number of rotatable bonds is 6. The minimum atomic E-state index is -3.99. The number of hydrogen-bond acceptors (Lipinski definition) is 8. The molecule has 0 aliphatic rings. The summed E-state index contributed by atoms with van der Waals surface area (Å²) < 4.78 is 32.5. The van der Waals surface area contributed by atoms with Crippen molar-refractivity contribution < 1.29 is 18.1 Å². The molecule has 0 radical (unpaired) electrons. The monoisotopic (exact) mass is 436 g/mol. The number of ether oxygens (including phenoxy) is 1. The molecule has 0 aliphatic heterocycles. The summed E-state index contributed by atoms with van der Waals surface area (Å²) in [4.78, 5) is 13.6. The minimum Gasteiger partial charge on any atom is -0.456 e. The van der Waals surface area contributed by atoms with Crippen molar-refractivity contribution >= 4 is 43.1 Å². The van der Waals surface area contributed by atoms with Gasteiger partial charge in [-0.05, 0) is 47.7 Å². The van der Waals surface area contributed by atoms with Crippen molar-refractivity contribution in [2.45, 2.75) is 4.90 Å². The van der Waals surface area contributed by atoms with Gasteiger partial charge in [0.05, 0.1) is 14.8 Å². The van der Waals surface area contributed by atoms with Crippen molar-refractivity contribution in [1.82, 2.24) is 4.98 Å². The van der Waals surface area contributed by atoms with E-state index in [2.05, 4.69) is 9.71 Å². The summed E-state index contributed by atoms with van der Waals surface area (Å²) in [6.45, 7) is 0. The summed E-state index contributed by atoms with van der Waals surface area (Å²) in [5.74, 6) is 0.529. The van der Waals surface area contributed by atoms with Crippen LogP contribution in [0.2, 0.25) is 5.02 Å². The molecule has 142 valence electrons. The zero-order valence-electron chi connectivity index (χ0n) is 13.7. The highest BCUT2D eigenvalue weighted by atomic mass is 35.5. The lowest BCUT2D eigenvalue weighted by atomic mass is 10.2. The normalized spacial score (nSPS) is 10.9. The maximum absolute atomic E-state index is 12.4. The van der Waals surface area contributed by atoms with E-state index < -0.39 is 14.9 Å². The van der Waals surface area contributed by atoms with Crippen molar-refractivity contribution in [3.8, 4) is 17.6 Å². The van der Waals surface area contributed by atoms with Crippen LogP contribution in [0.3, 0.4) is 0 Å². The maximum Gasteiger partial charge on any atom is 0.345 e. The summed E-state index contributed by atoms with van der Waals surface area (Å²) in [7, 11) is -3.99. The van der Waals surface area contributed by atoms with E-state index in [1.54, 1.807) is 18.2 Å². The first-order chi connectivity index (χ1) is 13.3. The molecule has 9 nitrogen and oxygen atoms in total. The van der Waals surface area contributed by atoms with Crippen LogP contribution >= 0.6 is 22.9 Å². The zero-order chi connectivity index (χ0) is 20.3. The highest BCUT2D eigenvalue weighted by molar-refractivity contribution is 7.93. The van der Waals surface area contributed by atoms with Crippen LogP contribution in [-0.2, 0) is 10.0 Å². The number of nitro groups is 1. The first-order valence-corrected chi connectivity index (χ1v) is 10.1. The van der Waals surface area contributed by atoms with Gasteiger partial charge in [-0.3, -0.25) is 14.8 Å². The molecule has 0 saturated heterocycles. The van der Waals surface area contributed by atoms with Gasteiger partial charge in [-0.1, -0.05) is 17.7 Å². The molecule has 0 atom stereocenters. The second kappa shape index (κ2) is 7.81. The average Bonchev–Trinajstić information content (AvgIpc) is 3.10. The maximum atomic E-state index is 12.4. The SMILES string of the molecule is N#Cc1c(Cl)cccc1Oc1ccc(S(=O)(=O)Nc2ncc([N+](=O)[O-])s2)cc1. The molecule has 2 aromatic carbocycles. The minimum absolute atomic E-state index is 0.0932. The van der Waals surface area contributed by atoms with Crippen LogP contribution < -0.4 is 9.46 Å². The van der Waals surface area contributed by atoms with E-state index in [1.165, 1.54) is 24.3 Å². The lowest BCUT2D eigenvalue weighted by Crippen LogP contribution is -2.12. The Morgan fingerprint density at radius 1 is 1.25 bits per heavy atom. The molecule has 0 unspecified atom stereocenters. The third-order valence-corrected chi connectivity index (χ3v) is 6.01. The molecule has 3 aromatic rings. The van der Waals surface area contributed by atoms with E-state index in [-0.39, 0.29) is 31.4 Å². The summed E-state index contributed by atoms with van der Waals surface area (Å²) >= 11 is 6.55. The Hall–Kier alpha value is -3.20. The van der Waals surface area contributed by atoms with Crippen molar-refractivity contribution in [2.75, 3.05) is 4.72 Å². The number of halogens is 1. The molecule has 0 spiro atoms.